The largest absolute Gasteiger partial charge is 0.274 e. The van der Waals surface area contributed by atoms with Crippen molar-refractivity contribution in [3.8, 4) is 6.07 Å². The van der Waals surface area contributed by atoms with Crippen molar-refractivity contribution >= 4 is 0 Å². The van der Waals surface area contributed by atoms with E-state index in [2.05, 4.69) is 5.10 Å². The minimum absolute atomic E-state index is 0.251. The van der Waals surface area contributed by atoms with Crippen molar-refractivity contribution in [1.29, 1.82) is 5.26 Å². The highest BCUT2D eigenvalue weighted by atomic mass is 15.2. The van der Waals surface area contributed by atoms with Gasteiger partial charge in [0.05, 0.1) is 11.8 Å². The van der Waals surface area contributed by atoms with E-state index in [1.54, 1.807) is 6.07 Å². The topological polar surface area (TPSA) is 41.6 Å². The molecule has 0 saturated carbocycles. The molecule has 0 fully saturated rings. The monoisotopic (exact) mass is 110 g/mol. The minimum atomic E-state index is -2.28. The Hall–Kier alpha value is -1.30. The molecule has 0 amide bonds. The fraction of sp³-hybridized carbons (Fsp3) is 0.200. The van der Waals surface area contributed by atoms with Crippen LogP contribution < -0.4 is 0 Å². The Kier molecular flexibility index (Phi) is 0.481. The van der Waals surface area contributed by atoms with Crippen LogP contribution in [0, 0.1) is 11.3 Å². The summed E-state index contributed by atoms with van der Waals surface area (Å²) in [6, 6.07) is 1.79. The molecule has 0 spiro atoms. The van der Waals surface area contributed by atoms with Crippen molar-refractivity contribution in [2.75, 3.05) is 0 Å². The Bertz CT molecular complexity index is 293. The van der Waals surface area contributed by atoms with Crippen LogP contribution in [-0.4, -0.2) is 9.78 Å². The van der Waals surface area contributed by atoms with Gasteiger partial charge in [0.2, 0.25) is 0 Å². The first-order valence-corrected chi connectivity index (χ1v) is 1.99. The Balaban J connectivity index is 3.01. The maximum Gasteiger partial charge on any atom is 0.102 e. The summed E-state index contributed by atoms with van der Waals surface area (Å²) in [6.45, 7) is -2.28. The predicted octanol–water partition coefficient (Wildman–Crippen LogP) is 0.292. The van der Waals surface area contributed by atoms with Crippen LogP contribution in [-0.2, 0) is 6.98 Å². The molecule has 3 heteroatoms. The summed E-state index contributed by atoms with van der Waals surface area (Å²) in [4.78, 5) is 0. The molecule has 0 unspecified atom stereocenters. The van der Waals surface area contributed by atoms with Gasteiger partial charge in [-0.05, 0) is 0 Å². The minimum Gasteiger partial charge on any atom is -0.274 e. The standard InChI is InChI=1S/C5H5N3/c1-8-4-5(2-6)3-7-8/h3-4H,1H3/i1D3. The van der Waals surface area contributed by atoms with Gasteiger partial charge in [0.15, 0.2) is 0 Å². The van der Waals surface area contributed by atoms with Crippen LogP contribution in [0.25, 0.3) is 0 Å². The number of nitriles is 1. The zero-order chi connectivity index (χ0) is 8.48. The van der Waals surface area contributed by atoms with E-state index in [0.29, 0.717) is 0 Å². The van der Waals surface area contributed by atoms with E-state index in [1.807, 2.05) is 0 Å². The molecule has 0 radical (unpaired) electrons. The summed E-state index contributed by atoms with van der Waals surface area (Å²) >= 11 is 0. The average molecular weight is 110 g/mol. The number of hydrogen-bond acceptors (Lipinski definition) is 2. The van der Waals surface area contributed by atoms with Crippen molar-refractivity contribution in [3.63, 3.8) is 0 Å². The van der Waals surface area contributed by atoms with Gasteiger partial charge in [0, 0.05) is 17.3 Å². The lowest BCUT2D eigenvalue weighted by atomic mass is 10.4. The van der Waals surface area contributed by atoms with Gasteiger partial charge in [-0.15, -0.1) is 0 Å². The van der Waals surface area contributed by atoms with Crippen molar-refractivity contribution in [3.05, 3.63) is 18.0 Å². The summed E-state index contributed by atoms with van der Waals surface area (Å²) in [5.74, 6) is 0. The molecule has 0 saturated heterocycles. The van der Waals surface area contributed by atoms with Crippen molar-refractivity contribution < 1.29 is 4.11 Å². The molecule has 3 nitrogen and oxygen atoms in total. The molecule has 1 aromatic heterocycles. The third-order valence-electron chi connectivity index (χ3n) is 0.712. The van der Waals surface area contributed by atoms with Crippen molar-refractivity contribution in [2.24, 2.45) is 6.98 Å². The van der Waals surface area contributed by atoms with Crippen LogP contribution in [0.3, 0.4) is 0 Å². The molecule has 0 aliphatic heterocycles. The zero-order valence-electron chi connectivity index (χ0n) is 7.00. The van der Waals surface area contributed by atoms with E-state index in [-0.39, 0.29) is 5.56 Å². The van der Waals surface area contributed by atoms with Gasteiger partial charge in [-0.25, -0.2) is 0 Å². The van der Waals surface area contributed by atoms with Crippen LogP contribution >= 0.6 is 0 Å². The average Bonchev–Trinajstić information content (AvgIpc) is 2.32. The first-order valence-electron chi connectivity index (χ1n) is 3.49. The molecular weight excluding hydrogens is 102 g/mol. The lowest BCUT2D eigenvalue weighted by Crippen LogP contribution is -1.83. The van der Waals surface area contributed by atoms with Crippen molar-refractivity contribution in [2.45, 2.75) is 0 Å². The van der Waals surface area contributed by atoms with Gasteiger partial charge in [-0.3, -0.25) is 4.68 Å². The molecule has 0 bridgehead atoms. The molecule has 40 valence electrons. The van der Waals surface area contributed by atoms with E-state index in [1.165, 1.54) is 12.4 Å². The number of rotatable bonds is 0. The van der Waals surface area contributed by atoms with E-state index in [0.717, 1.165) is 4.68 Å². The third-order valence-corrected chi connectivity index (χ3v) is 0.712. The summed E-state index contributed by atoms with van der Waals surface area (Å²) in [5, 5.41) is 11.8. The normalized spacial score (nSPS) is 15.6. The molecule has 0 N–H and O–H groups in total. The van der Waals surface area contributed by atoms with E-state index >= 15 is 0 Å². The van der Waals surface area contributed by atoms with Gasteiger partial charge >= 0.3 is 0 Å². The molecule has 1 heterocycles. The molecule has 8 heavy (non-hydrogen) atoms. The molecule has 1 aromatic rings. The number of aryl methyl sites for hydroxylation is 1. The first-order chi connectivity index (χ1) is 5.04. The maximum atomic E-state index is 8.33. The second kappa shape index (κ2) is 1.66. The van der Waals surface area contributed by atoms with Gasteiger partial charge in [0.25, 0.3) is 0 Å². The number of nitrogens with zero attached hydrogens (tertiary/aromatic N) is 3. The second-order valence-corrected chi connectivity index (χ2v) is 1.29. The quantitative estimate of drug-likeness (QED) is 0.481. The van der Waals surface area contributed by atoms with Crippen LogP contribution in [0.2, 0.25) is 0 Å². The maximum absolute atomic E-state index is 8.33. The van der Waals surface area contributed by atoms with E-state index < -0.39 is 6.98 Å². The zero-order valence-corrected chi connectivity index (χ0v) is 4.00. The van der Waals surface area contributed by atoms with Crippen LogP contribution in [0.4, 0.5) is 0 Å². The summed E-state index contributed by atoms with van der Waals surface area (Å²) in [7, 11) is 0. The van der Waals surface area contributed by atoms with Crippen molar-refractivity contribution in [1.82, 2.24) is 9.78 Å². The lowest BCUT2D eigenvalue weighted by molar-refractivity contribution is 0.767. The molecule has 0 atom stereocenters. The molecule has 0 aromatic carbocycles. The summed E-state index contributed by atoms with van der Waals surface area (Å²) in [5.41, 5.74) is 0.251. The highest BCUT2D eigenvalue weighted by molar-refractivity contribution is 5.21. The highest BCUT2D eigenvalue weighted by Gasteiger charge is 1.88. The fourth-order valence-corrected chi connectivity index (χ4v) is 0.381. The van der Waals surface area contributed by atoms with E-state index in [4.69, 9.17) is 9.37 Å². The van der Waals surface area contributed by atoms with Gasteiger partial charge < -0.3 is 0 Å². The summed E-state index contributed by atoms with van der Waals surface area (Å²) < 4.78 is 21.4. The Morgan fingerprint density at radius 1 is 2.12 bits per heavy atom. The van der Waals surface area contributed by atoms with Gasteiger partial charge in [0.1, 0.15) is 6.07 Å². The molecule has 0 aliphatic rings. The summed E-state index contributed by atoms with van der Waals surface area (Å²) in [6.07, 6.45) is 2.40. The lowest BCUT2D eigenvalue weighted by Gasteiger charge is -1.77. The SMILES string of the molecule is [2H]C([2H])([2H])n1cc(C#N)cn1. The molecule has 0 aliphatic carbocycles. The van der Waals surface area contributed by atoms with E-state index in [9.17, 15) is 0 Å². The molecule has 1 rings (SSSR count). The predicted molar refractivity (Wildman–Crippen MR) is 27.9 cm³/mol. The first kappa shape index (κ1) is 2.31. The number of aromatic nitrogens is 2. The van der Waals surface area contributed by atoms with Gasteiger partial charge in [-0.2, -0.15) is 10.4 Å². The Morgan fingerprint density at radius 2 is 3.00 bits per heavy atom. The second-order valence-electron chi connectivity index (χ2n) is 1.29. The smallest absolute Gasteiger partial charge is 0.102 e. The Labute approximate surface area is 51.4 Å². The van der Waals surface area contributed by atoms with Crippen LogP contribution in [0.15, 0.2) is 12.4 Å². The van der Waals surface area contributed by atoms with Crippen LogP contribution in [0.5, 0.6) is 0 Å². The van der Waals surface area contributed by atoms with Gasteiger partial charge in [-0.1, -0.05) is 0 Å². The Morgan fingerprint density at radius 3 is 3.38 bits per heavy atom. The highest BCUT2D eigenvalue weighted by Crippen LogP contribution is 1.89. The van der Waals surface area contributed by atoms with Crippen LogP contribution in [0.1, 0.15) is 9.68 Å². The fourth-order valence-electron chi connectivity index (χ4n) is 0.381. The third kappa shape index (κ3) is 0.684. The molecular formula is C5H5N3. The number of hydrogen-bond donors (Lipinski definition) is 0.